The molecular formula is C10H12BrN3S. The number of aromatic nitrogens is 2. The second kappa shape index (κ2) is 4.47. The van der Waals surface area contributed by atoms with Crippen molar-refractivity contribution in [3.05, 3.63) is 27.9 Å². The molecular weight excluding hydrogens is 274 g/mol. The lowest BCUT2D eigenvalue weighted by Gasteiger charge is -2.03. The van der Waals surface area contributed by atoms with Crippen molar-refractivity contribution < 1.29 is 0 Å². The highest BCUT2D eigenvalue weighted by Gasteiger charge is 2.14. The van der Waals surface area contributed by atoms with E-state index in [-0.39, 0.29) is 0 Å². The van der Waals surface area contributed by atoms with Crippen molar-refractivity contribution in [1.29, 1.82) is 0 Å². The number of thiophene rings is 1. The Balaban J connectivity index is 2.48. The fraction of sp³-hybridized carbons (Fsp3) is 0.300. The summed E-state index contributed by atoms with van der Waals surface area (Å²) >= 11 is 5.23. The monoisotopic (exact) mass is 285 g/mol. The molecule has 5 heteroatoms. The second-order valence-corrected chi connectivity index (χ2v) is 4.93. The lowest BCUT2D eigenvalue weighted by molar-refractivity contribution is 0.712. The van der Waals surface area contributed by atoms with Crippen molar-refractivity contribution in [3.63, 3.8) is 0 Å². The predicted octanol–water partition coefficient (Wildman–Crippen LogP) is 2.63. The molecule has 2 aromatic heterocycles. The van der Waals surface area contributed by atoms with Crippen molar-refractivity contribution >= 4 is 27.3 Å². The molecule has 2 rings (SSSR count). The first kappa shape index (κ1) is 10.9. The van der Waals surface area contributed by atoms with Crippen LogP contribution >= 0.6 is 27.3 Å². The Morgan fingerprint density at radius 3 is 3.00 bits per heavy atom. The summed E-state index contributed by atoms with van der Waals surface area (Å²) in [5.41, 5.74) is 1.15. The molecule has 3 nitrogen and oxygen atoms in total. The van der Waals surface area contributed by atoms with Crippen molar-refractivity contribution in [2.45, 2.75) is 6.54 Å². The highest BCUT2D eigenvalue weighted by molar-refractivity contribution is 9.10. The van der Waals surface area contributed by atoms with Gasteiger partial charge in [0.15, 0.2) is 0 Å². The van der Waals surface area contributed by atoms with E-state index in [1.165, 1.54) is 4.88 Å². The Morgan fingerprint density at radius 2 is 2.40 bits per heavy atom. The van der Waals surface area contributed by atoms with Gasteiger partial charge in [-0.2, -0.15) is 0 Å². The first-order valence-corrected chi connectivity index (χ1v) is 6.31. The highest BCUT2D eigenvalue weighted by Crippen LogP contribution is 2.31. The molecule has 15 heavy (non-hydrogen) atoms. The van der Waals surface area contributed by atoms with Gasteiger partial charge in [0.2, 0.25) is 0 Å². The van der Waals surface area contributed by atoms with E-state index in [4.69, 9.17) is 0 Å². The molecule has 0 aliphatic carbocycles. The minimum atomic E-state index is 0.778. The van der Waals surface area contributed by atoms with Gasteiger partial charge in [0.05, 0.1) is 17.1 Å². The molecule has 0 saturated heterocycles. The number of hydrogen-bond acceptors (Lipinski definition) is 3. The van der Waals surface area contributed by atoms with Crippen molar-refractivity contribution in [1.82, 2.24) is 14.9 Å². The summed E-state index contributed by atoms with van der Waals surface area (Å²) in [6.45, 7) is 0.778. The molecule has 0 radical (unpaired) electrons. The van der Waals surface area contributed by atoms with E-state index in [1.54, 1.807) is 11.3 Å². The number of nitrogens with zero attached hydrogens (tertiary/aromatic N) is 2. The van der Waals surface area contributed by atoms with Crippen LogP contribution in [0.2, 0.25) is 0 Å². The molecule has 0 aromatic carbocycles. The summed E-state index contributed by atoms with van der Waals surface area (Å²) in [6, 6.07) is 4.16. The zero-order valence-electron chi connectivity index (χ0n) is 8.62. The molecule has 80 valence electrons. The van der Waals surface area contributed by atoms with E-state index in [0.717, 1.165) is 22.7 Å². The van der Waals surface area contributed by atoms with Crippen molar-refractivity contribution in [2.24, 2.45) is 7.05 Å². The third-order valence-electron chi connectivity index (χ3n) is 2.23. The minimum Gasteiger partial charge on any atom is -0.328 e. The van der Waals surface area contributed by atoms with E-state index in [2.05, 4.69) is 48.3 Å². The fourth-order valence-corrected chi connectivity index (χ4v) is 3.13. The molecule has 0 atom stereocenters. The van der Waals surface area contributed by atoms with Gasteiger partial charge in [-0.25, -0.2) is 4.98 Å². The summed E-state index contributed by atoms with van der Waals surface area (Å²) < 4.78 is 3.03. The number of imidazole rings is 1. The molecule has 0 aliphatic rings. The van der Waals surface area contributed by atoms with Gasteiger partial charge in [-0.15, -0.1) is 11.3 Å². The predicted molar refractivity (Wildman–Crippen MR) is 67.0 cm³/mol. The molecule has 0 aliphatic heterocycles. The summed E-state index contributed by atoms with van der Waals surface area (Å²) in [7, 11) is 3.97. The third kappa shape index (κ3) is 2.00. The Bertz CT molecular complexity index is 447. The largest absolute Gasteiger partial charge is 0.328 e. The number of nitrogens with one attached hydrogen (secondary N) is 1. The van der Waals surface area contributed by atoms with Crippen molar-refractivity contribution in [2.75, 3.05) is 7.05 Å². The number of hydrogen-bond donors (Lipinski definition) is 1. The van der Waals surface area contributed by atoms with Crippen LogP contribution < -0.4 is 5.32 Å². The van der Waals surface area contributed by atoms with Crippen LogP contribution in [0.3, 0.4) is 0 Å². The molecule has 0 fully saturated rings. The van der Waals surface area contributed by atoms with Gasteiger partial charge in [-0.3, -0.25) is 0 Å². The highest BCUT2D eigenvalue weighted by atomic mass is 79.9. The van der Waals surface area contributed by atoms with Crippen LogP contribution in [0.25, 0.3) is 10.6 Å². The van der Waals surface area contributed by atoms with E-state index in [0.29, 0.717) is 0 Å². The Labute approximate surface area is 101 Å². The number of rotatable bonds is 3. The van der Waals surface area contributed by atoms with Gasteiger partial charge in [0.1, 0.15) is 10.4 Å². The lowest BCUT2D eigenvalue weighted by Crippen LogP contribution is -2.10. The maximum Gasteiger partial charge on any atom is 0.133 e. The van der Waals surface area contributed by atoms with Gasteiger partial charge in [0.25, 0.3) is 0 Å². The third-order valence-corrected chi connectivity index (χ3v) is 3.66. The molecule has 2 aromatic rings. The van der Waals surface area contributed by atoms with Crippen LogP contribution in [0.4, 0.5) is 0 Å². The van der Waals surface area contributed by atoms with Crippen LogP contribution in [0.5, 0.6) is 0 Å². The molecule has 1 N–H and O–H groups in total. The Hall–Kier alpha value is -0.650. The van der Waals surface area contributed by atoms with Gasteiger partial charge >= 0.3 is 0 Å². The molecule has 0 spiro atoms. The topological polar surface area (TPSA) is 29.9 Å². The van der Waals surface area contributed by atoms with Crippen LogP contribution in [-0.4, -0.2) is 16.6 Å². The maximum atomic E-state index is 4.48. The van der Waals surface area contributed by atoms with E-state index in [1.807, 2.05) is 14.1 Å². The summed E-state index contributed by atoms with van der Waals surface area (Å²) in [5, 5.41) is 5.19. The molecule has 0 unspecified atom stereocenters. The first-order valence-electron chi connectivity index (χ1n) is 4.63. The zero-order valence-corrected chi connectivity index (χ0v) is 11.0. The van der Waals surface area contributed by atoms with Gasteiger partial charge in [-0.1, -0.05) is 6.07 Å². The standard InChI is InChI=1S/C10H12BrN3S/c1-12-6-8-13-10(11)9(14(8)2)7-4-3-5-15-7/h3-5,12H,6H2,1-2H3. The van der Waals surface area contributed by atoms with Gasteiger partial charge < -0.3 is 9.88 Å². The average Bonchev–Trinajstić information content (AvgIpc) is 2.77. The van der Waals surface area contributed by atoms with Crippen LogP contribution in [0.15, 0.2) is 22.1 Å². The summed E-state index contributed by atoms with van der Waals surface area (Å²) in [4.78, 5) is 5.72. The Morgan fingerprint density at radius 1 is 1.60 bits per heavy atom. The molecule has 0 amide bonds. The van der Waals surface area contributed by atoms with E-state index >= 15 is 0 Å². The summed E-state index contributed by atoms with van der Waals surface area (Å²) in [5.74, 6) is 1.03. The van der Waals surface area contributed by atoms with Crippen LogP contribution in [0.1, 0.15) is 5.82 Å². The summed E-state index contributed by atoms with van der Waals surface area (Å²) in [6.07, 6.45) is 0. The van der Waals surface area contributed by atoms with Crippen LogP contribution in [-0.2, 0) is 13.6 Å². The number of halogens is 1. The molecule has 0 bridgehead atoms. The molecule has 0 saturated carbocycles. The normalized spacial score (nSPS) is 10.9. The first-order chi connectivity index (χ1) is 7.24. The van der Waals surface area contributed by atoms with E-state index < -0.39 is 0 Å². The quantitative estimate of drug-likeness (QED) is 0.940. The molecule has 2 heterocycles. The van der Waals surface area contributed by atoms with E-state index in [9.17, 15) is 0 Å². The second-order valence-electron chi connectivity index (χ2n) is 3.23. The maximum absolute atomic E-state index is 4.48. The lowest BCUT2D eigenvalue weighted by atomic mass is 10.4. The Kier molecular flexibility index (Phi) is 3.23. The smallest absolute Gasteiger partial charge is 0.133 e. The van der Waals surface area contributed by atoms with Gasteiger partial charge in [0, 0.05) is 7.05 Å². The fourth-order valence-electron chi connectivity index (χ4n) is 1.51. The van der Waals surface area contributed by atoms with Crippen molar-refractivity contribution in [3.8, 4) is 10.6 Å². The SMILES string of the molecule is CNCc1nc(Br)c(-c2cccs2)n1C. The van der Waals surface area contributed by atoms with Gasteiger partial charge in [-0.05, 0) is 34.4 Å². The van der Waals surface area contributed by atoms with Crippen LogP contribution in [0, 0.1) is 0 Å². The zero-order chi connectivity index (χ0) is 10.8. The average molecular weight is 286 g/mol. The minimum absolute atomic E-state index is 0.778.